The van der Waals surface area contributed by atoms with Crippen LogP contribution in [-0.4, -0.2) is 60.1 Å². The second-order valence-electron chi connectivity index (χ2n) is 7.50. The van der Waals surface area contributed by atoms with E-state index in [9.17, 15) is 9.90 Å². The van der Waals surface area contributed by atoms with Crippen LogP contribution in [-0.2, 0) is 4.74 Å². The highest BCUT2D eigenvalue weighted by Crippen LogP contribution is 2.44. The molecule has 0 radical (unpaired) electrons. The van der Waals surface area contributed by atoms with Gasteiger partial charge in [0.05, 0.1) is 25.5 Å². The van der Waals surface area contributed by atoms with Crippen LogP contribution in [0.2, 0.25) is 0 Å². The van der Waals surface area contributed by atoms with Gasteiger partial charge in [0.2, 0.25) is 0 Å². The monoisotopic (exact) mass is 437 g/mol. The van der Waals surface area contributed by atoms with Crippen LogP contribution in [0.1, 0.15) is 41.0 Å². The van der Waals surface area contributed by atoms with E-state index in [-0.39, 0.29) is 17.7 Å². The summed E-state index contributed by atoms with van der Waals surface area (Å²) < 4.78 is 16.1. The summed E-state index contributed by atoms with van der Waals surface area (Å²) in [5.74, 6) is 1.08. The van der Waals surface area contributed by atoms with Crippen LogP contribution >= 0.6 is 0 Å². The van der Waals surface area contributed by atoms with E-state index in [0.717, 1.165) is 22.4 Å². The number of nitrogens with one attached hydrogen (secondary N) is 1. The van der Waals surface area contributed by atoms with Gasteiger partial charge in [-0.05, 0) is 55.3 Å². The standard InChI is InChI=1S/C24H27N3O5/c1-4-32-19-14-16(8-11-18(19)28)23-20-21(15-6-9-17(31-3)10-7-15)25-26-22(20)24(29)27(23)12-5-13-30-2/h6-11,14,23,28H,4-5,12-13H2,1-3H3,(H,25,26). The molecule has 1 amide bonds. The summed E-state index contributed by atoms with van der Waals surface area (Å²) in [7, 11) is 3.26. The fourth-order valence-corrected chi connectivity index (χ4v) is 4.09. The van der Waals surface area contributed by atoms with Crippen LogP contribution in [0.15, 0.2) is 42.5 Å². The number of hydrogen-bond donors (Lipinski definition) is 2. The third-order valence-electron chi connectivity index (χ3n) is 5.57. The molecule has 3 aromatic rings. The first kappa shape index (κ1) is 21.7. The maximum absolute atomic E-state index is 13.3. The molecule has 2 aromatic carbocycles. The molecule has 0 bridgehead atoms. The summed E-state index contributed by atoms with van der Waals surface area (Å²) in [5.41, 5.74) is 3.71. The summed E-state index contributed by atoms with van der Waals surface area (Å²) in [6.45, 7) is 3.35. The molecule has 8 heteroatoms. The van der Waals surface area contributed by atoms with Crippen LogP contribution in [0.25, 0.3) is 11.3 Å². The number of H-pyrrole nitrogens is 1. The molecule has 2 heterocycles. The predicted octanol–water partition coefficient (Wildman–Crippen LogP) is 3.77. The number of fused-ring (bicyclic) bond motifs is 1. The van der Waals surface area contributed by atoms with Gasteiger partial charge in [0.1, 0.15) is 11.4 Å². The lowest BCUT2D eigenvalue weighted by molar-refractivity contribution is 0.0723. The van der Waals surface area contributed by atoms with Crippen molar-refractivity contribution in [3.05, 3.63) is 59.3 Å². The van der Waals surface area contributed by atoms with Crippen molar-refractivity contribution in [2.75, 3.05) is 34.0 Å². The number of aromatic amines is 1. The van der Waals surface area contributed by atoms with Gasteiger partial charge in [0.15, 0.2) is 11.5 Å². The molecule has 0 spiro atoms. The quantitative estimate of drug-likeness (QED) is 0.495. The largest absolute Gasteiger partial charge is 0.504 e. The second kappa shape index (κ2) is 9.32. The number of phenolic OH excluding ortho intramolecular Hbond substituents is 1. The molecule has 168 valence electrons. The number of ether oxygens (including phenoxy) is 3. The van der Waals surface area contributed by atoms with Crippen LogP contribution in [0.3, 0.4) is 0 Å². The van der Waals surface area contributed by atoms with Crippen molar-refractivity contribution in [1.29, 1.82) is 0 Å². The highest BCUT2D eigenvalue weighted by Gasteiger charge is 2.42. The molecule has 0 saturated carbocycles. The van der Waals surface area contributed by atoms with E-state index in [0.29, 0.717) is 43.3 Å². The zero-order valence-corrected chi connectivity index (χ0v) is 18.4. The van der Waals surface area contributed by atoms with E-state index in [1.165, 1.54) is 0 Å². The minimum Gasteiger partial charge on any atom is -0.504 e. The number of carbonyl (C=O) groups is 1. The Balaban J connectivity index is 1.81. The first-order valence-corrected chi connectivity index (χ1v) is 10.6. The summed E-state index contributed by atoms with van der Waals surface area (Å²) in [4.78, 5) is 15.1. The second-order valence-corrected chi connectivity index (χ2v) is 7.50. The number of aromatic nitrogens is 2. The molecule has 8 nitrogen and oxygen atoms in total. The first-order valence-electron chi connectivity index (χ1n) is 10.6. The molecular weight excluding hydrogens is 410 g/mol. The Bertz CT molecular complexity index is 1090. The Kier molecular flexibility index (Phi) is 6.32. The zero-order valence-electron chi connectivity index (χ0n) is 18.4. The van der Waals surface area contributed by atoms with E-state index >= 15 is 0 Å². The normalized spacial score (nSPS) is 15.2. The van der Waals surface area contributed by atoms with Gasteiger partial charge in [0.25, 0.3) is 5.91 Å². The minimum absolute atomic E-state index is 0.0636. The molecule has 1 aliphatic rings. The van der Waals surface area contributed by atoms with Gasteiger partial charge >= 0.3 is 0 Å². The van der Waals surface area contributed by atoms with Gasteiger partial charge < -0.3 is 24.2 Å². The molecule has 32 heavy (non-hydrogen) atoms. The van der Waals surface area contributed by atoms with Crippen LogP contribution in [0, 0.1) is 0 Å². The highest BCUT2D eigenvalue weighted by atomic mass is 16.5. The van der Waals surface area contributed by atoms with E-state index in [1.807, 2.05) is 42.2 Å². The summed E-state index contributed by atoms with van der Waals surface area (Å²) >= 11 is 0. The number of benzene rings is 2. The molecule has 2 N–H and O–H groups in total. The number of carbonyl (C=O) groups excluding carboxylic acids is 1. The van der Waals surface area contributed by atoms with E-state index in [4.69, 9.17) is 14.2 Å². The lowest BCUT2D eigenvalue weighted by atomic mass is 9.95. The molecule has 1 atom stereocenters. The lowest BCUT2D eigenvalue weighted by Crippen LogP contribution is -2.31. The average molecular weight is 437 g/mol. The number of nitrogens with zero attached hydrogens (tertiary/aromatic N) is 2. The Morgan fingerprint density at radius 2 is 1.94 bits per heavy atom. The maximum atomic E-state index is 13.3. The van der Waals surface area contributed by atoms with Crippen LogP contribution in [0.5, 0.6) is 17.2 Å². The maximum Gasteiger partial charge on any atom is 0.273 e. The topological polar surface area (TPSA) is 96.9 Å². The smallest absolute Gasteiger partial charge is 0.273 e. The number of rotatable bonds is 9. The molecule has 4 rings (SSSR count). The van der Waals surface area contributed by atoms with Gasteiger partial charge in [-0.15, -0.1) is 0 Å². The van der Waals surface area contributed by atoms with Crippen molar-refractivity contribution >= 4 is 5.91 Å². The van der Waals surface area contributed by atoms with Crippen molar-refractivity contribution in [3.8, 4) is 28.5 Å². The molecule has 0 saturated heterocycles. The lowest BCUT2D eigenvalue weighted by Gasteiger charge is -2.27. The number of hydrogen-bond acceptors (Lipinski definition) is 6. The Morgan fingerprint density at radius 1 is 1.16 bits per heavy atom. The SMILES string of the molecule is CCOc1cc(C2c3c(-c4ccc(OC)cc4)n[nH]c3C(=O)N2CCCOC)ccc1O. The average Bonchev–Trinajstić information content (AvgIpc) is 3.35. The molecule has 0 fully saturated rings. The van der Waals surface area contributed by atoms with E-state index in [2.05, 4.69) is 10.2 Å². The third-order valence-corrected chi connectivity index (χ3v) is 5.57. The number of amides is 1. The van der Waals surface area contributed by atoms with Crippen molar-refractivity contribution in [2.45, 2.75) is 19.4 Å². The van der Waals surface area contributed by atoms with Gasteiger partial charge in [0, 0.05) is 31.4 Å². The summed E-state index contributed by atoms with van der Waals surface area (Å²) in [5, 5.41) is 17.6. The molecule has 1 aromatic heterocycles. The first-order chi connectivity index (χ1) is 15.6. The van der Waals surface area contributed by atoms with Gasteiger partial charge in [-0.25, -0.2) is 0 Å². The van der Waals surface area contributed by atoms with Crippen molar-refractivity contribution in [3.63, 3.8) is 0 Å². The van der Waals surface area contributed by atoms with Gasteiger partial charge in [-0.3, -0.25) is 9.89 Å². The van der Waals surface area contributed by atoms with Crippen LogP contribution < -0.4 is 9.47 Å². The molecule has 1 aliphatic heterocycles. The fraction of sp³-hybridized carbons (Fsp3) is 0.333. The minimum atomic E-state index is -0.370. The van der Waals surface area contributed by atoms with E-state index in [1.54, 1.807) is 26.4 Å². The third kappa shape index (κ3) is 3.89. The van der Waals surface area contributed by atoms with Crippen LogP contribution in [0.4, 0.5) is 0 Å². The predicted molar refractivity (Wildman–Crippen MR) is 119 cm³/mol. The summed E-state index contributed by atoms with van der Waals surface area (Å²) in [6, 6.07) is 12.4. The van der Waals surface area contributed by atoms with Crippen molar-refractivity contribution < 1.29 is 24.1 Å². The number of methoxy groups -OCH3 is 2. The zero-order chi connectivity index (χ0) is 22.7. The van der Waals surface area contributed by atoms with Gasteiger partial charge in [-0.1, -0.05) is 6.07 Å². The number of phenols is 1. The van der Waals surface area contributed by atoms with Gasteiger partial charge in [-0.2, -0.15) is 5.10 Å². The summed E-state index contributed by atoms with van der Waals surface area (Å²) in [6.07, 6.45) is 0.699. The Morgan fingerprint density at radius 3 is 2.62 bits per heavy atom. The number of aromatic hydroxyl groups is 1. The molecule has 1 unspecified atom stereocenters. The fourth-order valence-electron chi connectivity index (χ4n) is 4.09. The van der Waals surface area contributed by atoms with E-state index < -0.39 is 0 Å². The Hall–Kier alpha value is -3.52. The molecular formula is C24H27N3O5. The Labute approximate surface area is 186 Å². The van der Waals surface area contributed by atoms with Crippen molar-refractivity contribution in [2.24, 2.45) is 0 Å². The molecule has 0 aliphatic carbocycles. The van der Waals surface area contributed by atoms with Crippen molar-refractivity contribution in [1.82, 2.24) is 15.1 Å². The highest BCUT2D eigenvalue weighted by molar-refractivity contribution is 6.00.